The predicted octanol–water partition coefficient (Wildman–Crippen LogP) is 3.10. The van der Waals surface area contributed by atoms with Gasteiger partial charge in [0.05, 0.1) is 10.9 Å². The van der Waals surface area contributed by atoms with Crippen LogP contribution in [-0.4, -0.2) is 36.5 Å². The first-order valence-corrected chi connectivity index (χ1v) is 8.94. The lowest BCUT2D eigenvalue weighted by molar-refractivity contribution is -0.115. The summed E-state index contributed by atoms with van der Waals surface area (Å²) in [7, 11) is 0. The van der Waals surface area contributed by atoms with Gasteiger partial charge < -0.3 is 10.4 Å². The van der Waals surface area contributed by atoms with E-state index in [1.54, 1.807) is 31.2 Å². The van der Waals surface area contributed by atoms with Crippen molar-refractivity contribution in [1.82, 2.24) is 20.2 Å². The lowest BCUT2D eigenvalue weighted by atomic mass is 10.1. The van der Waals surface area contributed by atoms with Crippen molar-refractivity contribution in [3.8, 4) is 11.4 Å². The van der Waals surface area contributed by atoms with Crippen molar-refractivity contribution in [3.05, 3.63) is 53.6 Å². The summed E-state index contributed by atoms with van der Waals surface area (Å²) in [6.45, 7) is 5.78. The smallest absolute Gasteiger partial charge is 0.237 e. The molecule has 0 aliphatic carbocycles. The molecule has 0 fully saturated rings. The first kappa shape index (κ1) is 17.9. The molecular formula is C18H19N5O2S. The van der Waals surface area contributed by atoms with Crippen LogP contribution in [0.3, 0.4) is 0 Å². The molecule has 1 amide bonds. The second-order valence-electron chi connectivity index (χ2n) is 5.96. The van der Waals surface area contributed by atoms with Gasteiger partial charge in [0, 0.05) is 5.69 Å². The maximum Gasteiger partial charge on any atom is 0.237 e. The minimum absolute atomic E-state index is 0.123. The third kappa shape index (κ3) is 4.02. The summed E-state index contributed by atoms with van der Waals surface area (Å²) in [6.07, 6.45) is 0. The molecule has 0 saturated carbocycles. The molecule has 134 valence electrons. The zero-order valence-electron chi connectivity index (χ0n) is 14.7. The number of phenols is 1. The Labute approximate surface area is 155 Å². The SMILES string of the molecule is Cc1ccc(NC(=O)C(C)Sc2nnnn2-c2ccc(O)cc2)c(C)c1. The molecule has 1 unspecified atom stereocenters. The summed E-state index contributed by atoms with van der Waals surface area (Å²) in [5.41, 5.74) is 3.67. The number of benzene rings is 2. The van der Waals surface area contributed by atoms with Crippen molar-refractivity contribution in [1.29, 1.82) is 0 Å². The number of thioether (sulfide) groups is 1. The molecule has 0 spiro atoms. The molecule has 0 aliphatic rings. The Bertz CT molecular complexity index is 924. The second kappa shape index (κ2) is 7.57. The number of hydrogen-bond acceptors (Lipinski definition) is 6. The number of phenolic OH excluding ortho intramolecular Hbond substituents is 1. The highest BCUT2D eigenvalue weighted by Gasteiger charge is 2.20. The monoisotopic (exact) mass is 369 g/mol. The fourth-order valence-electron chi connectivity index (χ4n) is 2.41. The molecule has 0 radical (unpaired) electrons. The van der Waals surface area contributed by atoms with E-state index < -0.39 is 5.25 Å². The number of rotatable bonds is 5. The normalized spacial score (nSPS) is 12.0. The van der Waals surface area contributed by atoms with Gasteiger partial charge in [0.15, 0.2) is 0 Å². The quantitative estimate of drug-likeness (QED) is 0.671. The maximum atomic E-state index is 12.5. The Balaban J connectivity index is 1.72. The molecule has 26 heavy (non-hydrogen) atoms. The number of aryl methyl sites for hydroxylation is 2. The Kier molecular flexibility index (Phi) is 5.22. The topological polar surface area (TPSA) is 92.9 Å². The Morgan fingerprint density at radius 2 is 1.92 bits per heavy atom. The summed E-state index contributed by atoms with van der Waals surface area (Å²) < 4.78 is 1.53. The highest BCUT2D eigenvalue weighted by Crippen LogP contribution is 2.25. The average molecular weight is 369 g/mol. The van der Waals surface area contributed by atoms with Crippen LogP contribution in [0.4, 0.5) is 5.69 Å². The van der Waals surface area contributed by atoms with E-state index in [2.05, 4.69) is 20.8 Å². The lowest BCUT2D eigenvalue weighted by Crippen LogP contribution is -2.23. The van der Waals surface area contributed by atoms with E-state index in [0.29, 0.717) is 10.8 Å². The Morgan fingerprint density at radius 3 is 2.62 bits per heavy atom. The minimum atomic E-state index is -0.391. The van der Waals surface area contributed by atoms with Crippen molar-refractivity contribution in [2.45, 2.75) is 31.2 Å². The van der Waals surface area contributed by atoms with E-state index >= 15 is 0 Å². The summed E-state index contributed by atoms with van der Waals surface area (Å²) >= 11 is 1.26. The Hall–Kier alpha value is -2.87. The summed E-state index contributed by atoms with van der Waals surface area (Å²) in [5, 5.41) is 24.1. The molecule has 3 rings (SSSR count). The number of nitrogens with zero attached hydrogens (tertiary/aromatic N) is 4. The highest BCUT2D eigenvalue weighted by atomic mass is 32.2. The molecule has 0 aliphatic heterocycles. The highest BCUT2D eigenvalue weighted by molar-refractivity contribution is 8.00. The van der Waals surface area contributed by atoms with Gasteiger partial charge in [-0.15, -0.1) is 5.10 Å². The van der Waals surface area contributed by atoms with Crippen LogP contribution in [0.15, 0.2) is 47.6 Å². The number of aromatic hydroxyl groups is 1. The number of hydrogen-bond donors (Lipinski definition) is 2. The summed E-state index contributed by atoms with van der Waals surface area (Å²) in [4.78, 5) is 12.5. The summed E-state index contributed by atoms with van der Waals surface area (Å²) in [5.74, 6) is 0.0412. The van der Waals surface area contributed by atoms with Gasteiger partial charge in [0.2, 0.25) is 11.1 Å². The predicted molar refractivity (Wildman–Crippen MR) is 101 cm³/mol. The van der Waals surface area contributed by atoms with Crippen LogP contribution in [0, 0.1) is 13.8 Å². The largest absolute Gasteiger partial charge is 0.508 e. The van der Waals surface area contributed by atoms with E-state index in [-0.39, 0.29) is 11.7 Å². The van der Waals surface area contributed by atoms with Crippen LogP contribution in [0.2, 0.25) is 0 Å². The maximum absolute atomic E-state index is 12.5. The number of nitrogens with one attached hydrogen (secondary N) is 1. The fraction of sp³-hybridized carbons (Fsp3) is 0.222. The molecule has 7 nitrogen and oxygen atoms in total. The number of carbonyl (C=O) groups is 1. The van der Waals surface area contributed by atoms with E-state index in [0.717, 1.165) is 16.8 Å². The minimum Gasteiger partial charge on any atom is -0.508 e. The third-order valence-corrected chi connectivity index (χ3v) is 4.86. The van der Waals surface area contributed by atoms with Crippen LogP contribution in [0.1, 0.15) is 18.1 Å². The molecular weight excluding hydrogens is 350 g/mol. The molecule has 2 aromatic carbocycles. The molecule has 0 saturated heterocycles. The van der Waals surface area contributed by atoms with Crippen molar-refractivity contribution < 1.29 is 9.90 Å². The zero-order valence-corrected chi connectivity index (χ0v) is 15.5. The average Bonchev–Trinajstić information content (AvgIpc) is 3.06. The first-order valence-electron chi connectivity index (χ1n) is 8.06. The molecule has 3 aromatic rings. The first-order chi connectivity index (χ1) is 12.4. The third-order valence-electron chi connectivity index (χ3n) is 3.83. The van der Waals surface area contributed by atoms with Crippen LogP contribution in [0.25, 0.3) is 5.69 Å². The number of amides is 1. The van der Waals surface area contributed by atoms with Crippen molar-refractivity contribution in [2.75, 3.05) is 5.32 Å². The Morgan fingerprint density at radius 1 is 1.19 bits per heavy atom. The van der Waals surface area contributed by atoms with Gasteiger partial charge in [-0.3, -0.25) is 4.79 Å². The van der Waals surface area contributed by atoms with E-state index in [9.17, 15) is 9.90 Å². The van der Waals surface area contributed by atoms with E-state index in [4.69, 9.17) is 0 Å². The number of anilines is 1. The summed E-state index contributed by atoms with van der Waals surface area (Å²) in [6, 6.07) is 12.4. The second-order valence-corrected chi connectivity index (χ2v) is 7.27. The molecule has 8 heteroatoms. The number of tetrazole rings is 1. The van der Waals surface area contributed by atoms with E-state index in [1.807, 2.05) is 32.0 Å². The lowest BCUT2D eigenvalue weighted by Gasteiger charge is -2.13. The van der Waals surface area contributed by atoms with Crippen LogP contribution < -0.4 is 5.32 Å². The molecule has 1 atom stereocenters. The van der Waals surface area contributed by atoms with Gasteiger partial charge >= 0.3 is 0 Å². The number of aromatic nitrogens is 4. The van der Waals surface area contributed by atoms with Crippen LogP contribution in [0.5, 0.6) is 5.75 Å². The van der Waals surface area contributed by atoms with Gasteiger partial charge in [0.25, 0.3) is 0 Å². The van der Waals surface area contributed by atoms with Gasteiger partial charge in [-0.2, -0.15) is 4.68 Å². The van der Waals surface area contributed by atoms with Gasteiger partial charge in [-0.1, -0.05) is 29.5 Å². The van der Waals surface area contributed by atoms with Gasteiger partial charge in [0.1, 0.15) is 5.75 Å². The van der Waals surface area contributed by atoms with Crippen LogP contribution in [-0.2, 0) is 4.79 Å². The fourth-order valence-corrected chi connectivity index (χ4v) is 3.22. The molecule has 2 N–H and O–H groups in total. The van der Waals surface area contributed by atoms with Gasteiger partial charge in [-0.05, 0) is 67.1 Å². The van der Waals surface area contributed by atoms with Crippen LogP contribution >= 0.6 is 11.8 Å². The zero-order chi connectivity index (χ0) is 18.7. The van der Waals surface area contributed by atoms with Crippen molar-refractivity contribution in [2.24, 2.45) is 0 Å². The van der Waals surface area contributed by atoms with E-state index in [1.165, 1.54) is 16.4 Å². The molecule has 1 heterocycles. The standard InChI is InChI=1S/C18H19N5O2S/c1-11-4-9-16(12(2)10-11)19-17(25)13(3)26-18-20-21-22-23(18)14-5-7-15(24)8-6-14/h4-10,13,24H,1-3H3,(H,19,25). The number of carbonyl (C=O) groups excluding carboxylic acids is 1. The van der Waals surface area contributed by atoms with Crippen molar-refractivity contribution >= 4 is 23.4 Å². The molecule has 0 bridgehead atoms. The van der Waals surface area contributed by atoms with Gasteiger partial charge in [-0.25, -0.2) is 0 Å². The van der Waals surface area contributed by atoms with Crippen molar-refractivity contribution in [3.63, 3.8) is 0 Å². The molecule has 1 aromatic heterocycles.